The van der Waals surface area contributed by atoms with Gasteiger partial charge in [0.1, 0.15) is 18.4 Å². The molecule has 0 fully saturated rings. The van der Waals surface area contributed by atoms with Gasteiger partial charge in [-0.05, 0) is 73.9 Å². The van der Waals surface area contributed by atoms with Crippen LogP contribution in [0.2, 0.25) is 10.0 Å². The van der Waals surface area contributed by atoms with Crippen LogP contribution in [0.3, 0.4) is 0 Å². The number of nitrogens with one attached hydrogen (secondary N) is 1. The van der Waals surface area contributed by atoms with E-state index in [-0.39, 0.29) is 39.6 Å². The smallest absolute Gasteiger partial charge is 0.264 e. The molecule has 0 aliphatic rings. The fourth-order valence-corrected chi connectivity index (χ4v) is 6.49. The summed E-state index contributed by atoms with van der Waals surface area (Å²) in [4.78, 5) is 29.7. The Bertz CT molecular complexity index is 1760. The number of amides is 2. The van der Waals surface area contributed by atoms with Gasteiger partial charge in [-0.25, -0.2) is 12.8 Å². The van der Waals surface area contributed by atoms with Crippen LogP contribution in [0.1, 0.15) is 37.0 Å². The second-order valence-electron chi connectivity index (χ2n) is 11.1. The van der Waals surface area contributed by atoms with Crippen molar-refractivity contribution in [2.24, 2.45) is 0 Å². The second-order valence-corrected chi connectivity index (χ2v) is 13.8. The van der Waals surface area contributed by atoms with Gasteiger partial charge in [-0.15, -0.1) is 0 Å². The molecule has 4 rings (SSSR count). The zero-order valence-corrected chi connectivity index (χ0v) is 28.1. The molecule has 7 nitrogen and oxygen atoms in total. The van der Waals surface area contributed by atoms with Gasteiger partial charge >= 0.3 is 0 Å². The summed E-state index contributed by atoms with van der Waals surface area (Å²) < 4.78 is 43.1. The number of halogens is 3. The molecule has 1 N–H and O–H groups in total. The molecule has 2 amide bonds. The van der Waals surface area contributed by atoms with E-state index in [0.717, 1.165) is 15.4 Å². The minimum atomic E-state index is -4.30. The molecule has 0 radical (unpaired) electrons. The lowest BCUT2D eigenvalue weighted by Crippen LogP contribution is -2.54. The molecule has 242 valence electrons. The van der Waals surface area contributed by atoms with Crippen LogP contribution in [0.4, 0.5) is 10.1 Å². The SMILES string of the molecule is CCC(C)NC(=O)C(Cc1ccccc1)N(Cc1ccc(F)cc1)C(=O)CN(c1ccc(Cl)c(Cl)c1)S(=O)(=O)c1ccc(C)cc1. The molecule has 11 heteroatoms. The fourth-order valence-electron chi connectivity index (χ4n) is 4.79. The van der Waals surface area contributed by atoms with Gasteiger partial charge in [-0.1, -0.05) is 90.3 Å². The number of hydrogen-bond donors (Lipinski definition) is 1. The number of aryl methyl sites for hydroxylation is 1. The van der Waals surface area contributed by atoms with Crippen LogP contribution in [-0.2, 0) is 32.6 Å². The third kappa shape index (κ3) is 8.87. The van der Waals surface area contributed by atoms with E-state index >= 15 is 0 Å². The highest BCUT2D eigenvalue weighted by Gasteiger charge is 2.35. The Morgan fingerprint density at radius 2 is 1.52 bits per heavy atom. The van der Waals surface area contributed by atoms with Gasteiger partial charge in [-0.2, -0.15) is 0 Å². The topological polar surface area (TPSA) is 86.8 Å². The van der Waals surface area contributed by atoms with Crippen LogP contribution in [0.5, 0.6) is 0 Å². The largest absolute Gasteiger partial charge is 0.352 e. The number of rotatable bonds is 13. The molecule has 0 saturated heterocycles. The van der Waals surface area contributed by atoms with E-state index in [2.05, 4.69) is 5.32 Å². The first-order chi connectivity index (χ1) is 21.9. The van der Waals surface area contributed by atoms with Crippen molar-refractivity contribution in [3.05, 3.63) is 130 Å². The van der Waals surface area contributed by atoms with E-state index in [1.54, 1.807) is 12.1 Å². The van der Waals surface area contributed by atoms with E-state index in [1.165, 1.54) is 59.5 Å². The summed E-state index contributed by atoms with van der Waals surface area (Å²) in [5.41, 5.74) is 2.34. The monoisotopic (exact) mass is 683 g/mol. The molecule has 0 aliphatic carbocycles. The fraction of sp³-hybridized carbons (Fsp3) is 0.257. The zero-order chi connectivity index (χ0) is 33.4. The molecule has 4 aromatic rings. The van der Waals surface area contributed by atoms with E-state index in [9.17, 15) is 22.4 Å². The highest BCUT2D eigenvalue weighted by molar-refractivity contribution is 7.92. The number of sulfonamides is 1. The van der Waals surface area contributed by atoms with Gasteiger partial charge in [0, 0.05) is 19.0 Å². The molecule has 0 bridgehead atoms. The quantitative estimate of drug-likeness (QED) is 0.162. The Labute approximate surface area is 280 Å². The van der Waals surface area contributed by atoms with Gasteiger partial charge in [0.15, 0.2) is 0 Å². The normalized spacial score (nSPS) is 12.7. The third-order valence-corrected chi connectivity index (χ3v) is 10.1. The molecule has 0 heterocycles. The first kappa shape index (κ1) is 34.9. The summed E-state index contributed by atoms with van der Waals surface area (Å²) in [5.74, 6) is -1.49. The van der Waals surface area contributed by atoms with Crippen molar-refractivity contribution in [3.8, 4) is 0 Å². The molecule has 4 aromatic carbocycles. The first-order valence-corrected chi connectivity index (χ1v) is 17.0. The number of nitrogens with zero attached hydrogens (tertiary/aromatic N) is 2. The molecule has 46 heavy (non-hydrogen) atoms. The number of benzene rings is 4. The maximum absolute atomic E-state index is 14.5. The Hall–Kier alpha value is -3.92. The molecule has 0 saturated carbocycles. The van der Waals surface area contributed by atoms with E-state index in [1.807, 2.05) is 51.1 Å². The lowest BCUT2D eigenvalue weighted by atomic mass is 10.0. The Kier molecular flexibility index (Phi) is 11.8. The van der Waals surface area contributed by atoms with E-state index in [0.29, 0.717) is 12.0 Å². The van der Waals surface area contributed by atoms with Crippen molar-refractivity contribution in [1.29, 1.82) is 0 Å². The first-order valence-electron chi connectivity index (χ1n) is 14.8. The van der Waals surface area contributed by atoms with Crippen molar-refractivity contribution < 1.29 is 22.4 Å². The van der Waals surface area contributed by atoms with Crippen molar-refractivity contribution >= 4 is 50.7 Å². The van der Waals surface area contributed by atoms with Crippen LogP contribution in [0, 0.1) is 12.7 Å². The summed E-state index contributed by atoms with van der Waals surface area (Å²) in [7, 11) is -4.30. The molecule has 2 unspecified atom stereocenters. The summed E-state index contributed by atoms with van der Waals surface area (Å²) in [6.07, 6.45) is 0.823. The van der Waals surface area contributed by atoms with Gasteiger partial charge < -0.3 is 10.2 Å². The number of carbonyl (C=O) groups is 2. The van der Waals surface area contributed by atoms with Crippen molar-refractivity contribution in [2.75, 3.05) is 10.8 Å². The minimum absolute atomic E-state index is 0.0302. The molecule has 2 atom stereocenters. The average Bonchev–Trinajstić information content (AvgIpc) is 3.04. The van der Waals surface area contributed by atoms with Crippen LogP contribution in [0.25, 0.3) is 0 Å². The van der Waals surface area contributed by atoms with Crippen LogP contribution < -0.4 is 9.62 Å². The van der Waals surface area contributed by atoms with Gasteiger partial charge in [0.05, 0.1) is 20.6 Å². The highest BCUT2D eigenvalue weighted by atomic mass is 35.5. The molecule has 0 aromatic heterocycles. The van der Waals surface area contributed by atoms with Gasteiger partial charge in [-0.3, -0.25) is 13.9 Å². The van der Waals surface area contributed by atoms with Crippen molar-refractivity contribution in [3.63, 3.8) is 0 Å². The highest BCUT2D eigenvalue weighted by Crippen LogP contribution is 2.31. The Morgan fingerprint density at radius 3 is 2.13 bits per heavy atom. The number of carbonyl (C=O) groups excluding carboxylic acids is 2. The number of anilines is 1. The van der Waals surface area contributed by atoms with Gasteiger partial charge in [0.2, 0.25) is 11.8 Å². The molecule has 0 aliphatic heterocycles. The summed E-state index contributed by atoms with van der Waals surface area (Å²) in [6, 6.07) is 24.2. The maximum atomic E-state index is 14.5. The second kappa shape index (κ2) is 15.6. The van der Waals surface area contributed by atoms with Crippen LogP contribution >= 0.6 is 23.2 Å². The average molecular weight is 685 g/mol. The van der Waals surface area contributed by atoms with Crippen LogP contribution in [-0.4, -0.2) is 43.8 Å². The lowest BCUT2D eigenvalue weighted by molar-refractivity contribution is -0.140. The molecule has 0 spiro atoms. The van der Waals surface area contributed by atoms with E-state index in [4.69, 9.17) is 23.2 Å². The summed E-state index contributed by atoms with van der Waals surface area (Å²) in [5, 5.41) is 3.30. The molecular formula is C35H36Cl2FN3O4S. The summed E-state index contributed by atoms with van der Waals surface area (Å²) in [6.45, 7) is 4.90. The Morgan fingerprint density at radius 1 is 0.870 bits per heavy atom. The third-order valence-electron chi connectivity index (χ3n) is 7.62. The minimum Gasteiger partial charge on any atom is -0.352 e. The zero-order valence-electron chi connectivity index (χ0n) is 25.8. The number of hydrogen-bond acceptors (Lipinski definition) is 4. The predicted molar refractivity (Wildman–Crippen MR) is 181 cm³/mol. The maximum Gasteiger partial charge on any atom is 0.264 e. The Balaban J connectivity index is 1.82. The van der Waals surface area contributed by atoms with E-state index < -0.39 is 40.2 Å². The lowest BCUT2D eigenvalue weighted by Gasteiger charge is -2.34. The van der Waals surface area contributed by atoms with Crippen molar-refractivity contribution in [2.45, 2.75) is 57.1 Å². The molecular weight excluding hydrogens is 648 g/mol. The predicted octanol–water partition coefficient (Wildman–Crippen LogP) is 7.19. The summed E-state index contributed by atoms with van der Waals surface area (Å²) >= 11 is 12.5. The van der Waals surface area contributed by atoms with Crippen molar-refractivity contribution in [1.82, 2.24) is 10.2 Å². The van der Waals surface area contributed by atoms with Gasteiger partial charge in [0.25, 0.3) is 10.0 Å². The van der Waals surface area contributed by atoms with Crippen LogP contribution in [0.15, 0.2) is 102 Å². The standard InChI is InChI=1S/C35H36Cl2FN3O4S/c1-4-25(3)39-35(43)33(20-26-8-6-5-7-9-26)40(22-27-12-14-28(38)15-13-27)34(42)23-41(29-16-19-31(36)32(37)21-29)46(44,45)30-17-10-24(2)11-18-30/h5-19,21,25,33H,4,20,22-23H2,1-3H3,(H,39,43).